The maximum Gasteiger partial charge on any atom is 0.0246 e. The molecule has 2 aliphatic carbocycles. The van der Waals surface area contributed by atoms with Gasteiger partial charge in [-0.2, -0.15) is 0 Å². The van der Waals surface area contributed by atoms with Gasteiger partial charge in [0.2, 0.25) is 0 Å². The molecule has 0 bridgehead atoms. The van der Waals surface area contributed by atoms with Crippen LogP contribution in [0.15, 0.2) is 0 Å². The van der Waals surface area contributed by atoms with Crippen LogP contribution in [0.3, 0.4) is 0 Å². The summed E-state index contributed by atoms with van der Waals surface area (Å²) in [5.41, 5.74) is 6.84. The van der Waals surface area contributed by atoms with Crippen molar-refractivity contribution < 1.29 is 0 Å². The summed E-state index contributed by atoms with van der Waals surface area (Å²) < 4.78 is 0. The van der Waals surface area contributed by atoms with E-state index in [9.17, 15) is 0 Å². The lowest BCUT2D eigenvalue weighted by molar-refractivity contribution is 0.0566. The van der Waals surface area contributed by atoms with Gasteiger partial charge in [0.15, 0.2) is 0 Å². The van der Waals surface area contributed by atoms with Crippen molar-refractivity contribution in [2.75, 3.05) is 19.6 Å². The van der Waals surface area contributed by atoms with E-state index in [0.717, 1.165) is 17.9 Å². The predicted molar refractivity (Wildman–Crippen MR) is 76.5 cm³/mol. The fourth-order valence-corrected chi connectivity index (χ4v) is 4.94. The molecule has 2 heteroatoms. The third-order valence-electron chi connectivity index (χ3n) is 6.18. The Morgan fingerprint density at radius 3 is 2.11 bits per heavy atom. The second-order valence-electron chi connectivity index (χ2n) is 7.09. The van der Waals surface area contributed by atoms with Gasteiger partial charge in [0, 0.05) is 12.6 Å². The van der Waals surface area contributed by atoms with Crippen molar-refractivity contribution in [1.29, 1.82) is 0 Å². The largest absolute Gasteiger partial charge is 0.329 e. The Morgan fingerprint density at radius 2 is 1.56 bits per heavy atom. The monoisotopic (exact) mass is 250 g/mol. The number of rotatable bonds is 3. The van der Waals surface area contributed by atoms with E-state index >= 15 is 0 Å². The van der Waals surface area contributed by atoms with Gasteiger partial charge in [-0.3, -0.25) is 4.90 Å². The molecule has 1 saturated heterocycles. The Labute approximate surface area is 112 Å². The van der Waals surface area contributed by atoms with Crippen molar-refractivity contribution in [3.05, 3.63) is 0 Å². The third kappa shape index (κ3) is 2.46. The molecule has 1 aliphatic heterocycles. The molecule has 1 unspecified atom stereocenters. The summed E-state index contributed by atoms with van der Waals surface area (Å²) in [7, 11) is 0. The number of nitrogens with zero attached hydrogens (tertiary/aromatic N) is 1. The molecule has 104 valence electrons. The number of nitrogens with two attached hydrogens (primary N) is 1. The fraction of sp³-hybridized carbons (Fsp3) is 1.00. The molecule has 3 fully saturated rings. The zero-order valence-electron chi connectivity index (χ0n) is 11.9. The molecule has 0 aromatic rings. The Morgan fingerprint density at radius 1 is 0.944 bits per heavy atom. The number of hydrogen-bond donors (Lipinski definition) is 1. The average molecular weight is 250 g/mol. The molecule has 0 amide bonds. The molecule has 2 saturated carbocycles. The molecule has 0 aromatic carbocycles. The molecule has 1 spiro atoms. The maximum absolute atomic E-state index is 6.09. The van der Waals surface area contributed by atoms with Crippen molar-refractivity contribution in [2.45, 2.75) is 70.3 Å². The minimum absolute atomic E-state index is 0.700. The van der Waals surface area contributed by atoms with Crippen LogP contribution in [0.25, 0.3) is 0 Å². The van der Waals surface area contributed by atoms with Crippen LogP contribution in [0.1, 0.15) is 64.2 Å². The lowest BCUT2D eigenvalue weighted by Crippen LogP contribution is -2.50. The van der Waals surface area contributed by atoms with E-state index in [-0.39, 0.29) is 0 Å². The zero-order valence-corrected chi connectivity index (χ0v) is 11.9. The summed E-state index contributed by atoms with van der Waals surface area (Å²) in [6, 6.07) is 0.700. The van der Waals surface area contributed by atoms with E-state index < -0.39 is 0 Å². The highest BCUT2D eigenvalue weighted by atomic mass is 15.2. The van der Waals surface area contributed by atoms with Gasteiger partial charge in [0.25, 0.3) is 0 Å². The van der Waals surface area contributed by atoms with E-state index in [1.807, 2.05) is 0 Å². The van der Waals surface area contributed by atoms with Crippen LogP contribution in [0.4, 0.5) is 0 Å². The third-order valence-corrected chi connectivity index (χ3v) is 6.18. The molecule has 3 aliphatic rings. The van der Waals surface area contributed by atoms with Crippen LogP contribution < -0.4 is 5.73 Å². The zero-order chi connectivity index (χ0) is 12.4. The standard InChI is InChI=1S/C16H30N2/c17-13-15(14-5-1-2-6-14)18-11-9-16(10-12-18)7-3-4-8-16/h14-15H,1-13,17H2. The molecule has 1 heterocycles. The molecule has 0 aromatic heterocycles. The van der Waals surface area contributed by atoms with Gasteiger partial charge >= 0.3 is 0 Å². The van der Waals surface area contributed by atoms with E-state index in [0.29, 0.717) is 6.04 Å². The van der Waals surface area contributed by atoms with Crippen LogP contribution in [0.2, 0.25) is 0 Å². The number of hydrogen-bond acceptors (Lipinski definition) is 2. The topological polar surface area (TPSA) is 29.3 Å². The van der Waals surface area contributed by atoms with Crippen LogP contribution in [-0.2, 0) is 0 Å². The first-order valence-corrected chi connectivity index (χ1v) is 8.27. The van der Waals surface area contributed by atoms with Crippen LogP contribution in [0.5, 0.6) is 0 Å². The second-order valence-corrected chi connectivity index (χ2v) is 7.09. The molecule has 3 rings (SSSR count). The van der Waals surface area contributed by atoms with Crippen molar-refractivity contribution in [3.8, 4) is 0 Å². The lowest BCUT2D eigenvalue weighted by Gasteiger charge is -2.44. The van der Waals surface area contributed by atoms with Gasteiger partial charge in [0.05, 0.1) is 0 Å². The Hall–Kier alpha value is -0.0800. The van der Waals surface area contributed by atoms with E-state index in [1.54, 1.807) is 0 Å². The van der Waals surface area contributed by atoms with Gasteiger partial charge in [-0.1, -0.05) is 25.7 Å². The smallest absolute Gasteiger partial charge is 0.0246 e. The Kier molecular flexibility index (Phi) is 3.95. The lowest BCUT2D eigenvalue weighted by atomic mass is 9.76. The Balaban J connectivity index is 1.57. The van der Waals surface area contributed by atoms with Crippen LogP contribution in [0, 0.1) is 11.3 Å². The SMILES string of the molecule is NCC(C1CCCC1)N1CCC2(CCCC2)CC1. The number of likely N-dealkylation sites (tertiary alicyclic amines) is 1. The fourth-order valence-electron chi connectivity index (χ4n) is 4.94. The Bertz CT molecular complexity index is 254. The minimum atomic E-state index is 0.700. The first kappa shape index (κ1) is 12.9. The summed E-state index contributed by atoms with van der Waals surface area (Å²) in [6.45, 7) is 3.55. The van der Waals surface area contributed by atoms with E-state index in [2.05, 4.69) is 4.90 Å². The first-order valence-electron chi connectivity index (χ1n) is 8.27. The number of piperidine rings is 1. The molecular weight excluding hydrogens is 220 g/mol. The normalized spacial score (nSPS) is 31.2. The molecule has 1 atom stereocenters. The summed E-state index contributed by atoms with van der Waals surface area (Å²) in [6.07, 6.45) is 14.7. The van der Waals surface area contributed by atoms with Crippen molar-refractivity contribution in [1.82, 2.24) is 4.90 Å². The van der Waals surface area contributed by atoms with Crippen molar-refractivity contribution in [3.63, 3.8) is 0 Å². The van der Waals surface area contributed by atoms with E-state index in [1.165, 1.54) is 77.3 Å². The van der Waals surface area contributed by atoms with Crippen LogP contribution >= 0.6 is 0 Å². The molecule has 2 nitrogen and oxygen atoms in total. The van der Waals surface area contributed by atoms with Gasteiger partial charge in [-0.25, -0.2) is 0 Å². The van der Waals surface area contributed by atoms with Gasteiger partial charge in [-0.05, 0) is 62.9 Å². The summed E-state index contributed by atoms with van der Waals surface area (Å²) >= 11 is 0. The molecular formula is C16H30N2. The highest BCUT2D eigenvalue weighted by Crippen LogP contribution is 2.46. The summed E-state index contributed by atoms with van der Waals surface area (Å²) in [4.78, 5) is 2.75. The highest BCUT2D eigenvalue weighted by molar-refractivity contribution is 4.93. The first-order chi connectivity index (χ1) is 8.83. The van der Waals surface area contributed by atoms with Gasteiger partial charge in [0.1, 0.15) is 0 Å². The molecule has 2 N–H and O–H groups in total. The van der Waals surface area contributed by atoms with Crippen molar-refractivity contribution >= 4 is 0 Å². The van der Waals surface area contributed by atoms with Gasteiger partial charge < -0.3 is 5.73 Å². The van der Waals surface area contributed by atoms with Gasteiger partial charge in [-0.15, -0.1) is 0 Å². The minimum Gasteiger partial charge on any atom is -0.329 e. The van der Waals surface area contributed by atoms with E-state index in [4.69, 9.17) is 5.73 Å². The van der Waals surface area contributed by atoms with Crippen molar-refractivity contribution in [2.24, 2.45) is 17.1 Å². The quantitative estimate of drug-likeness (QED) is 0.833. The second kappa shape index (κ2) is 5.50. The highest BCUT2D eigenvalue weighted by Gasteiger charge is 2.39. The predicted octanol–water partition coefficient (Wildman–Crippen LogP) is 3.16. The average Bonchev–Trinajstić information content (AvgIpc) is 3.05. The maximum atomic E-state index is 6.09. The summed E-state index contributed by atoms with van der Waals surface area (Å²) in [5, 5.41) is 0. The summed E-state index contributed by atoms with van der Waals surface area (Å²) in [5.74, 6) is 0.910. The molecule has 0 radical (unpaired) electrons. The molecule has 18 heavy (non-hydrogen) atoms. The van der Waals surface area contributed by atoms with Crippen LogP contribution in [-0.4, -0.2) is 30.6 Å².